The lowest BCUT2D eigenvalue weighted by Gasteiger charge is -2.10. The van der Waals surface area contributed by atoms with Gasteiger partial charge < -0.3 is 4.74 Å². The minimum Gasteiger partial charge on any atom is -0.463 e. The van der Waals surface area contributed by atoms with Gasteiger partial charge in [-0.2, -0.15) is 0 Å². The van der Waals surface area contributed by atoms with Crippen molar-refractivity contribution in [3.8, 4) is 0 Å². The summed E-state index contributed by atoms with van der Waals surface area (Å²) in [6.45, 7) is 1.94. The van der Waals surface area contributed by atoms with E-state index in [0.29, 0.717) is 6.42 Å². The Kier molecular flexibility index (Phi) is 3.14. The Labute approximate surface area is 67.2 Å². The van der Waals surface area contributed by atoms with Crippen LogP contribution in [0.3, 0.4) is 0 Å². The van der Waals surface area contributed by atoms with Gasteiger partial charge in [0, 0.05) is 6.42 Å². The summed E-state index contributed by atoms with van der Waals surface area (Å²) in [5.74, 6) is -0.0657. The highest BCUT2D eigenvalue weighted by Crippen LogP contribution is 2.08. The highest BCUT2D eigenvalue weighted by atomic mass is 16.5. The number of hydrogen-bond donors (Lipinski definition) is 0. The molecule has 0 unspecified atom stereocenters. The van der Waals surface area contributed by atoms with Crippen molar-refractivity contribution < 1.29 is 9.53 Å². The number of carbonyl (C=O) groups excluding carboxylic acids is 1. The zero-order valence-electron chi connectivity index (χ0n) is 6.88. The van der Waals surface area contributed by atoms with E-state index in [0.717, 1.165) is 19.3 Å². The topological polar surface area (TPSA) is 26.3 Å². The smallest absolute Gasteiger partial charge is 0.306 e. The van der Waals surface area contributed by atoms with Crippen LogP contribution in [-0.2, 0) is 9.53 Å². The van der Waals surface area contributed by atoms with Crippen LogP contribution >= 0.6 is 0 Å². The van der Waals surface area contributed by atoms with Crippen molar-refractivity contribution in [2.75, 3.05) is 0 Å². The van der Waals surface area contributed by atoms with Gasteiger partial charge >= 0.3 is 5.97 Å². The van der Waals surface area contributed by atoms with E-state index in [1.54, 1.807) is 0 Å². The Bertz CT molecular complexity index is 161. The molecule has 0 radical (unpaired) electrons. The van der Waals surface area contributed by atoms with Gasteiger partial charge in [-0.3, -0.25) is 4.79 Å². The second kappa shape index (κ2) is 4.16. The molecule has 1 atom stereocenters. The normalized spacial score (nSPS) is 29.5. The van der Waals surface area contributed by atoms with Gasteiger partial charge in [0.15, 0.2) is 0 Å². The standard InChI is InChI=1S/C9H14O2/c1-8-6-4-2-3-5-7-9(10)11-8/h2-3,8H,4-7H2,1H3/b3-2-/t8-/m0/s1. The van der Waals surface area contributed by atoms with Crippen molar-refractivity contribution in [1.29, 1.82) is 0 Å². The number of allylic oxidation sites excluding steroid dienone is 2. The van der Waals surface area contributed by atoms with Crippen LogP contribution < -0.4 is 0 Å². The molecule has 1 aliphatic rings. The molecule has 11 heavy (non-hydrogen) atoms. The van der Waals surface area contributed by atoms with Gasteiger partial charge in [0.2, 0.25) is 0 Å². The molecular formula is C9H14O2. The molecule has 0 saturated heterocycles. The van der Waals surface area contributed by atoms with Crippen molar-refractivity contribution >= 4 is 5.97 Å². The molecule has 1 rings (SSSR count). The molecule has 0 bridgehead atoms. The van der Waals surface area contributed by atoms with Gasteiger partial charge in [-0.25, -0.2) is 0 Å². The Morgan fingerprint density at radius 1 is 1.45 bits per heavy atom. The fourth-order valence-corrected chi connectivity index (χ4v) is 1.11. The second-order valence-corrected chi connectivity index (χ2v) is 2.89. The van der Waals surface area contributed by atoms with Crippen LogP contribution in [0.15, 0.2) is 12.2 Å². The van der Waals surface area contributed by atoms with Crippen LogP contribution in [0.5, 0.6) is 0 Å². The molecule has 2 heteroatoms. The van der Waals surface area contributed by atoms with Crippen molar-refractivity contribution in [3.05, 3.63) is 12.2 Å². The summed E-state index contributed by atoms with van der Waals surface area (Å²) in [5.41, 5.74) is 0. The molecule has 0 N–H and O–H groups in total. The van der Waals surface area contributed by atoms with Gasteiger partial charge in [-0.15, -0.1) is 0 Å². The maximum absolute atomic E-state index is 10.9. The fraction of sp³-hybridized carbons (Fsp3) is 0.667. The quantitative estimate of drug-likeness (QED) is 0.394. The van der Waals surface area contributed by atoms with Crippen LogP contribution in [0.4, 0.5) is 0 Å². The highest BCUT2D eigenvalue weighted by Gasteiger charge is 2.08. The van der Waals surface area contributed by atoms with E-state index in [4.69, 9.17) is 4.74 Å². The van der Waals surface area contributed by atoms with E-state index in [1.807, 2.05) is 6.92 Å². The Hall–Kier alpha value is -0.790. The van der Waals surface area contributed by atoms with Crippen LogP contribution in [-0.4, -0.2) is 12.1 Å². The first-order chi connectivity index (χ1) is 5.29. The zero-order chi connectivity index (χ0) is 8.10. The fourth-order valence-electron chi connectivity index (χ4n) is 1.11. The minimum absolute atomic E-state index is 0.0657. The molecular weight excluding hydrogens is 140 g/mol. The Morgan fingerprint density at radius 3 is 3.00 bits per heavy atom. The molecule has 0 spiro atoms. The van der Waals surface area contributed by atoms with Crippen LogP contribution in [0, 0.1) is 0 Å². The largest absolute Gasteiger partial charge is 0.463 e. The lowest BCUT2D eigenvalue weighted by atomic mass is 10.2. The zero-order valence-corrected chi connectivity index (χ0v) is 6.88. The third-order valence-corrected chi connectivity index (χ3v) is 1.75. The van der Waals surface area contributed by atoms with Gasteiger partial charge in [0.25, 0.3) is 0 Å². The van der Waals surface area contributed by atoms with Crippen molar-refractivity contribution in [2.24, 2.45) is 0 Å². The number of hydrogen-bond acceptors (Lipinski definition) is 2. The molecule has 62 valence electrons. The summed E-state index contributed by atoms with van der Waals surface area (Å²) < 4.78 is 5.09. The molecule has 0 aromatic rings. The molecule has 0 aromatic heterocycles. The summed E-state index contributed by atoms with van der Waals surface area (Å²) in [5, 5.41) is 0. The highest BCUT2D eigenvalue weighted by molar-refractivity contribution is 5.69. The Morgan fingerprint density at radius 2 is 2.18 bits per heavy atom. The van der Waals surface area contributed by atoms with Crippen LogP contribution in [0.2, 0.25) is 0 Å². The van der Waals surface area contributed by atoms with Crippen molar-refractivity contribution in [2.45, 2.75) is 38.7 Å². The van der Waals surface area contributed by atoms with Gasteiger partial charge in [0.1, 0.15) is 0 Å². The average Bonchev–Trinajstić information content (AvgIpc) is 2.02. The van der Waals surface area contributed by atoms with Gasteiger partial charge in [-0.1, -0.05) is 12.2 Å². The summed E-state index contributed by atoms with van der Waals surface area (Å²) in [4.78, 5) is 10.9. The predicted molar refractivity (Wildman–Crippen MR) is 43.2 cm³/mol. The third-order valence-electron chi connectivity index (χ3n) is 1.75. The summed E-state index contributed by atoms with van der Waals surface area (Å²) >= 11 is 0. The van der Waals surface area contributed by atoms with E-state index in [-0.39, 0.29) is 12.1 Å². The summed E-state index contributed by atoms with van der Waals surface area (Å²) in [6, 6.07) is 0. The SMILES string of the molecule is C[C@H]1CC/C=C\CCC(=O)O1. The van der Waals surface area contributed by atoms with Crippen LogP contribution in [0.1, 0.15) is 32.6 Å². The maximum Gasteiger partial charge on any atom is 0.306 e. The molecule has 0 fully saturated rings. The molecule has 1 aliphatic heterocycles. The van der Waals surface area contributed by atoms with Gasteiger partial charge in [0.05, 0.1) is 6.10 Å². The van der Waals surface area contributed by atoms with E-state index >= 15 is 0 Å². The summed E-state index contributed by atoms with van der Waals surface area (Å²) in [7, 11) is 0. The number of ether oxygens (including phenoxy) is 1. The van der Waals surface area contributed by atoms with Crippen molar-refractivity contribution in [3.63, 3.8) is 0 Å². The molecule has 0 aromatic carbocycles. The third kappa shape index (κ3) is 3.21. The number of esters is 1. The first-order valence-electron chi connectivity index (χ1n) is 4.13. The van der Waals surface area contributed by atoms with E-state index in [2.05, 4.69) is 12.2 Å². The summed E-state index contributed by atoms with van der Waals surface area (Å²) in [6.07, 6.45) is 7.59. The molecule has 0 aliphatic carbocycles. The van der Waals surface area contributed by atoms with E-state index in [9.17, 15) is 4.79 Å². The lowest BCUT2D eigenvalue weighted by molar-refractivity contribution is -0.148. The lowest BCUT2D eigenvalue weighted by Crippen LogP contribution is -2.13. The predicted octanol–water partition coefficient (Wildman–Crippen LogP) is 2.05. The second-order valence-electron chi connectivity index (χ2n) is 2.89. The molecule has 0 amide bonds. The molecule has 2 nitrogen and oxygen atoms in total. The van der Waals surface area contributed by atoms with Gasteiger partial charge in [-0.05, 0) is 26.2 Å². The molecule has 0 saturated carbocycles. The minimum atomic E-state index is -0.0657. The maximum atomic E-state index is 10.9. The number of cyclic esters (lactones) is 1. The first kappa shape index (κ1) is 8.31. The Balaban J connectivity index is 2.43. The average molecular weight is 154 g/mol. The van der Waals surface area contributed by atoms with E-state index < -0.39 is 0 Å². The van der Waals surface area contributed by atoms with Crippen LogP contribution in [0.25, 0.3) is 0 Å². The number of carbonyl (C=O) groups is 1. The van der Waals surface area contributed by atoms with Crippen molar-refractivity contribution in [1.82, 2.24) is 0 Å². The first-order valence-corrected chi connectivity index (χ1v) is 4.13. The molecule has 1 heterocycles. The number of rotatable bonds is 0. The van der Waals surface area contributed by atoms with E-state index in [1.165, 1.54) is 0 Å². The monoisotopic (exact) mass is 154 g/mol.